The van der Waals surface area contributed by atoms with Crippen LogP contribution in [0, 0.1) is 0 Å². The van der Waals surface area contributed by atoms with E-state index in [2.05, 4.69) is 20.4 Å². The Morgan fingerprint density at radius 2 is 2.00 bits per heavy atom. The molecule has 0 atom stereocenters. The molecule has 0 bridgehead atoms. The van der Waals surface area contributed by atoms with Gasteiger partial charge < -0.3 is 15.0 Å². The fourth-order valence-corrected chi connectivity index (χ4v) is 3.11. The lowest BCUT2D eigenvalue weighted by atomic mass is 10.1. The molecule has 0 unspecified atom stereocenters. The van der Waals surface area contributed by atoms with Crippen LogP contribution in [0.3, 0.4) is 0 Å². The second-order valence-corrected chi connectivity index (χ2v) is 6.52. The van der Waals surface area contributed by atoms with Crippen molar-refractivity contribution in [3.63, 3.8) is 0 Å². The van der Waals surface area contributed by atoms with Crippen LogP contribution in [0.5, 0.6) is 0 Å². The minimum atomic E-state index is 0.0298. The normalized spacial score (nSPS) is 14.6. The van der Waals surface area contributed by atoms with E-state index in [1.54, 1.807) is 16.9 Å². The topological polar surface area (TPSA) is 84.7 Å². The highest BCUT2D eigenvalue weighted by molar-refractivity contribution is 7.98. The Morgan fingerprint density at radius 3 is 2.73 bits per heavy atom. The molecule has 3 heterocycles. The van der Waals surface area contributed by atoms with Crippen molar-refractivity contribution in [2.24, 2.45) is 0 Å². The van der Waals surface area contributed by atoms with Crippen LogP contribution in [-0.4, -0.2) is 62.9 Å². The number of benzene rings is 1. The van der Waals surface area contributed by atoms with Crippen LogP contribution in [0.25, 0.3) is 5.65 Å². The van der Waals surface area contributed by atoms with Crippen LogP contribution in [0.1, 0.15) is 10.4 Å². The molecule has 4 rings (SSSR count). The summed E-state index contributed by atoms with van der Waals surface area (Å²) < 4.78 is 6.98. The molecule has 1 amide bonds. The number of carbonyl (C=O) groups is 1. The Balaban J connectivity index is 1.54. The third kappa shape index (κ3) is 3.35. The average Bonchev–Trinajstić information content (AvgIpc) is 3.17. The number of anilines is 2. The molecule has 2 aromatic heterocycles. The molecule has 3 aromatic rings. The summed E-state index contributed by atoms with van der Waals surface area (Å²) in [5.41, 5.74) is 2.14. The molecule has 1 N–H and O–H groups in total. The lowest BCUT2D eigenvalue weighted by Gasteiger charge is -2.26. The number of ether oxygens (including phenoxy) is 1. The SMILES string of the molecule is CSc1nc(Nc2ccc(C(=O)N3CCOCC3)cc2)c2nccn2n1. The molecule has 1 fully saturated rings. The zero-order valence-electron chi connectivity index (χ0n) is 14.3. The van der Waals surface area contributed by atoms with Crippen molar-refractivity contribution >= 4 is 34.8 Å². The first-order chi connectivity index (χ1) is 12.7. The van der Waals surface area contributed by atoms with Gasteiger partial charge in [0.1, 0.15) is 0 Å². The predicted octanol–water partition coefficient (Wildman–Crippen LogP) is 2.06. The maximum Gasteiger partial charge on any atom is 0.254 e. The molecule has 1 aliphatic rings. The van der Waals surface area contributed by atoms with Gasteiger partial charge in [0, 0.05) is 36.7 Å². The van der Waals surface area contributed by atoms with E-state index in [0.29, 0.717) is 48.5 Å². The maximum atomic E-state index is 12.5. The predicted molar refractivity (Wildman–Crippen MR) is 99.0 cm³/mol. The van der Waals surface area contributed by atoms with E-state index >= 15 is 0 Å². The van der Waals surface area contributed by atoms with Crippen molar-refractivity contribution in [3.05, 3.63) is 42.2 Å². The summed E-state index contributed by atoms with van der Waals surface area (Å²) in [5.74, 6) is 0.656. The van der Waals surface area contributed by atoms with Gasteiger partial charge >= 0.3 is 0 Å². The van der Waals surface area contributed by atoms with Crippen molar-refractivity contribution in [1.29, 1.82) is 0 Å². The number of rotatable bonds is 4. The molecule has 0 radical (unpaired) electrons. The van der Waals surface area contributed by atoms with Crippen LogP contribution < -0.4 is 5.32 Å². The number of fused-ring (bicyclic) bond motifs is 1. The van der Waals surface area contributed by atoms with Crippen molar-refractivity contribution in [3.8, 4) is 0 Å². The summed E-state index contributed by atoms with van der Waals surface area (Å²) in [4.78, 5) is 23.1. The van der Waals surface area contributed by atoms with Crippen molar-refractivity contribution in [1.82, 2.24) is 24.5 Å². The molecule has 1 aromatic carbocycles. The Labute approximate surface area is 154 Å². The molecule has 0 spiro atoms. The minimum Gasteiger partial charge on any atom is -0.378 e. The van der Waals surface area contributed by atoms with E-state index in [9.17, 15) is 4.79 Å². The number of thioether (sulfide) groups is 1. The summed E-state index contributed by atoms with van der Waals surface area (Å²) in [7, 11) is 0. The third-order valence-electron chi connectivity index (χ3n) is 4.11. The summed E-state index contributed by atoms with van der Waals surface area (Å²) >= 11 is 1.46. The largest absolute Gasteiger partial charge is 0.378 e. The number of carbonyl (C=O) groups excluding carboxylic acids is 1. The first-order valence-corrected chi connectivity index (χ1v) is 9.46. The molecule has 8 nitrogen and oxygen atoms in total. The van der Waals surface area contributed by atoms with E-state index in [4.69, 9.17) is 4.74 Å². The van der Waals surface area contributed by atoms with Gasteiger partial charge in [-0.1, -0.05) is 11.8 Å². The highest BCUT2D eigenvalue weighted by Gasteiger charge is 2.18. The van der Waals surface area contributed by atoms with Gasteiger partial charge in [0.15, 0.2) is 11.5 Å². The number of nitrogens with zero attached hydrogens (tertiary/aromatic N) is 5. The zero-order chi connectivity index (χ0) is 17.9. The van der Waals surface area contributed by atoms with E-state index in [-0.39, 0.29) is 5.91 Å². The molecule has 0 aliphatic carbocycles. The molecular formula is C17H18N6O2S. The Morgan fingerprint density at radius 1 is 1.23 bits per heavy atom. The summed E-state index contributed by atoms with van der Waals surface area (Å²) in [6.45, 7) is 2.46. The Hall–Kier alpha value is -2.65. The van der Waals surface area contributed by atoms with Gasteiger partial charge in [0.2, 0.25) is 5.16 Å². The standard InChI is InChI=1S/C17H18N6O2S/c1-26-17-20-14(15-18-6-7-23(15)21-17)19-13-4-2-12(3-5-13)16(24)22-8-10-25-11-9-22/h2-7H,8-11H2,1H3,(H,19,20,21). The lowest BCUT2D eigenvalue weighted by molar-refractivity contribution is 0.0303. The highest BCUT2D eigenvalue weighted by atomic mass is 32.2. The smallest absolute Gasteiger partial charge is 0.254 e. The Bertz CT molecular complexity index is 921. The number of amides is 1. The van der Waals surface area contributed by atoms with Crippen LogP contribution in [0.4, 0.5) is 11.5 Å². The fraction of sp³-hybridized carbons (Fsp3) is 0.294. The van der Waals surface area contributed by atoms with Gasteiger partial charge in [-0.25, -0.2) is 9.50 Å². The van der Waals surface area contributed by atoms with Gasteiger partial charge in [-0.15, -0.1) is 5.10 Å². The molecule has 1 aliphatic heterocycles. The Kier molecular flexibility index (Phi) is 4.72. The van der Waals surface area contributed by atoms with E-state index in [1.165, 1.54) is 11.8 Å². The van der Waals surface area contributed by atoms with Crippen LogP contribution in [0.15, 0.2) is 41.8 Å². The van der Waals surface area contributed by atoms with Gasteiger partial charge in [0.05, 0.1) is 13.2 Å². The highest BCUT2D eigenvalue weighted by Crippen LogP contribution is 2.21. The molecule has 26 heavy (non-hydrogen) atoms. The van der Waals surface area contributed by atoms with Gasteiger partial charge in [0.25, 0.3) is 5.91 Å². The molecular weight excluding hydrogens is 352 g/mol. The minimum absolute atomic E-state index is 0.0298. The molecule has 9 heteroatoms. The van der Waals surface area contributed by atoms with Gasteiger partial charge in [-0.2, -0.15) is 4.98 Å². The number of hydrogen-bond acceptors (Lipinski definition) is 7. The van der Waals surface area contributed by atoms with Crippen molar-refractivity contribution in [2.75, 3.05) is 37.9 Å². The van der Waals surface area contributed by atoms with Crippen LogP contribution >= 0.6 is 11.8 Å². The van der Waals surface area contributed by atoms with Crippen molar-refractivity contribution in [2.45, 2.75) is 5.16 Å². The second-order valence-electron chi connectivity index (χ2n) is 5.75. The summed E-state index contributed by atoms with van der Waals surface area (Å²) in [6, 6.07) is 7.38. The number of morpholine rings is 1. The van der Waals surface area contributed by atoms with Crippen LogP contribution in [0.2, 0.25) is 0 Å². The average molecular weight is 370 g/mol. The quantitative estimate of drug-likeness (QED) is 0.704. The number of nitrogens with one attached hydrogen (secondary N) is 1. The van der Waals surface area contributed by atoms with Crippen molar-refractivity contribution < 1.29 is 9.53 Å². The second kappa shape index (κ2) is 7.30. The number of aromatic nitrogens is 4. The summed E-state index contributed by atoms with van der Waals surface area (Å²) in [5, 5.41) is 8.26. The molecule has 134 valence electrons. The fourth-order valence-electron chi connectivity index (χ4n) is 2.76. The van der Waals surface area contributed by atoms with Crippen LogP contribution in [-0.2, 0) is 4.74 Å². The van der Waals surface area contributed by atoms with Gasteiger partial charge in [-0.3, -0.25) is 4.79 Å². The number of hydrogen-bond donors (Lipinski definition) is 1. The van der Waals surface area contributed by atoms with E-state index in [0.717, 1.165) is 5.69 Å². The van der Waals surface area contributed by atoms with Gasteiger partial charge in [-0.05, 0) is 30.5 Å². The maximum absolute atomic E-state index is 12.5. The molecule has 1 saturated heterocycles. The molecule has 0 saturated carbocycles. The van der Waals surface area contributed by atoms with E-state index in [1.807, 2.05) is 35.4 Å². The van der Waals surface area contributed by atoms with E-state index < -0.39 is 0 Å². The first kappa shape index (κ1) is 16.8. The first-order valence-electron chi connectivity index (χ1n) is 8.24. The summed E-state index contributed by atoms with van der Waals surface area (Å²) in [6.07, 6.45) is 5.39. The monoisotopic (exact) mass is 370 g/mol. The number of imidazole rings is 1. The third-order valence-corrected chi connectivity index (χ3v) is 4.65. The lowest BCUT2D eigenvalue weighted by Crippen LogP contribution is -2.40. The zero-order valence-corrected chi connectivity index (χ0v) is 15.1.